The van der Waals surface area contributed by atoms with Crippen molar-refractivity contribution in [2.45, 2.75) is 99.9 Å². The van der Waals surface area contributed by atoms with E-state index in [-0.39, 0.29) is 18.1 Å². The fourth-order valence-electron chi connectivity index (χ4n) is 5.23. The summed E-state index contributed by atoms with van der Waals surface area (Å²) in [6.45, 7) is 16.5. The van der Waals surface area contributed by atoms with Crippen molar-refractivity contribution in [3.8, 4) is 34.8 Å². The van der Waals surface area contributed by atoms with E-state index in [9.17, 15) is 4.79 Å². The SMILES string of the molecule is CC(C)Oc1ccc(Oc2ccc(CC/C(=N/OCc3ccccc3)C(C)C)cc2)cn1.CC(C)Oc1ccc(Oc2ccc(CCC(=O)C(C)C)cc2)cn1. The fourth-order valence-corrected chi connectivity index (χ4v) is 5.23. The first-order chi connectivity index (χ1) is 26.9. The standard InChI is InChI=1S/C27H32N2O3.C20H25NO3/c1-20(2)26(29-30-19-23-8-6-5-7-9-23)16-12-22-10-13-24(14-11-22)32-25-15-17-27(28-18-25)31-21(3)4;1-14(2)19(22)11-7-16-5-8-17(9-6-16)24-18-10-12-20(21-13-18)23-15(3)4/h5-11,13-15,17-18,20-21H,12,16,19H2,1-4H3;5-6,8-10,12-15H,7,11H2,1-4H3/b29-26-;. The number of ether oxygens (including phenoxy) is 4. The summed E-state index contributed by atoms with van der Waals surface area (Å²) < 4.78 is 22.7. The van der Waals surface area contributed by atoms with Gasteiger partial charge < -0.3 is 23.8 Å². The smallest absolute Gasteiger partial charge is 0.213 e. The highest BCUT2D eigenvalue weighted by molar-refractivity contribution is 5.86. The minimum Gasteiger partial charge on any atom is -0.475 e. The van der Waals surface area contributed by atoms with Gasteiger partial charge in [-0.25, -0.2) is 9.97 Å². The fraction of sp³-hybridized carbons (Fsp3) is 0.362. The molecule has 0 saturated carbocycles. The Morgan fingerprint density at radius 2 is 1.00 bits per heavy atom. The van der Waals surface area contributed by atoms with E-state index in [2.05, 4.69) is 41.1 Å². The van der Waals surface area contributed by atoms with Crippen LogP contribution in [0.25, 0.3) is 0 Å². The molecule has 0 radical (unpaired) electrons. The number of aromatic nitrogens is 2. The Kier molecular flexibility index (Phi) is 17.4. The lowest BCUT2D eigenvalue weighted by Gasteiger charge is -2.11. The highest BCUT2D eigenvalue weighted by atomic mass is 16.6. The van der Waals surface area contributed by atoms with Crippen LogP contribution >= 0.6 is 0 Å². The highest BCUT2D eigenvalue weighted by Gasteiger charge is 2.10. The van der Waals surface area contributed by atoms with E-state index in [0.717, 1.165) is 47.6 Å². The van der Waals surface area contributed by atoms with Crippen LogP contribution in [0.2, 0.25) is 0 Å². The molecule has 2 aromatic heterocycles. The molecule has 56 heavy (non-hydrogen) atoms. The molecule has 0 saturated heterocycles. The molecule has 0 bridgehead atoms. The first kappa shape index (κ1) is 43.0. The third kappa shape index (κ3) is 16.0. The van der Waals surface area contributed by atoms with Gasteiger partial charge >= 0.3 is 0 Å². The summed E-state index contributed by atoms with van der Waals surface area (Å²) >= 11 is 0. The van der Waals surface area contributed by atoms with E-state index >= 15 is 0 Å². The molecule has 296 valence electrons. The van der Waals surface area contributed by atoms with E-state index in [1.807, 2.05) is 126 Å². The predicted molar refractivity (Wildman–Crippen MR) is 223 cm³/mol. The molecule has 0 N–H and O–H groups in total. The number of rotatable bonds is 19. The van der Waals surface area contributed by atoms with Crippen molar-refractivity contribution in [2.24, 2.45) is 17.0 Å². The number of oxime groups is 1. The summed E-state index contributed by atoms with van der Waals surface area (Å²) in [5, 5.41) is 4.41. The monoisotopic (exact) mass is 759 g/mol. The van der Waals surface area contributed by atoms with Gasteiger partial charge in [-0.3, -0.25) is 4.79 Å². The number of hydrogen-bond acceptors (Lipinski definition) is 9. The minimum atomic E-state index is 0.0958. The molecular weight excluding hydrogens is 703 g/mol. The Hall–Kier alpha value is -5.70. The maximum absolute atomic E-state index is 11.7. The van der Waals surface area contributed by atoms with Crippen molar-refractivity contribution in [1.29, 1.82) is 0 Å². The summed E-state index contributed by atoms with van der Waals surface area (Å²) in [5.41, 5.74) is 4.55. The van der Waals surface area contributed by atoms with Crippen LogP contribution in [0.4, 0.5) is 0 Å². The van der Waals surface area contributed by atoms with Gasteiger partial charge in [0.2, 0.25) is 11.8 Å². The zero-order chi connectivity index (χ0) is 40.3. The summed E-state index contributed by atoms with van der Waals surface area (Å²) in [6.07, 6.45) is 6.61. The first-order valence-electron chi connectivity index (χ1n) is 19.5. The Bertz CT molecular complexity index is 1890. The molecule has 0 aliphatic carbocycles. The van der Waals surface area contributed by atoms with E-state index < -0.39 is 0 Å². The predicted octanol–water partition coefficient (Wildman–Crippen LogP) is 11.6. The van der Waals surface area contributed by atoms with E-state index in [1.165, 1.54) is 5.56 Å². The van der Waals surface area contributed by atoms with Crippen LogP contribution in [0.15, 0.2) is 121 Å². The lowest BCUT2D eigenvalue weighted by atomic mass is 10.0. The van der Waals surface area contributed by atoms with Gasteiger partial charge in [0.1, 0.15) is 35.4 Å². The topological polar surface area (TPSA) is 101 Å². The maximum atomic E-state index is 11.7. The van der Waals surface area contributed by atoms with Gasteiger partial charge in [0.05, 0.1) is 30.3 Å². The number of Topliss-reactive ketones (excluding diaryl/α,β-unsaturated/α-hetero) is 1. The second-order valence-electron chi connectivity index (χ2n) is 14.6. The molecular formula is C47H57N3O6. The molecule has 0 aliphatic rings. The molecule has 0 fully saturated rings. The Labute approximate surface area is 333 Å². The third-order valence-corrected chi connectivity index (χ3v) is 8.35. The molecule has 0 atom stereocenters. The maximum Gasteiger partial charge on any atom is 0.213 e. The molecule has 3 aromatic carbocycles. The molecule has 5 rings (SSSR count). The number of nitrogens with zero attached hydrogens (tertiary/aromatic N) is 3. The number of aryl methyl sites for hydroxylation is 2. The number of carbonyl (C=O) groups is 1. The Morgan fingerprint density at radius 1 is 0.536 bits per heavy atom. The van der Waals surface area contributed by atoms with Gasteiger partial charge in [0.15, 0.2) is 0 Å². The van der Waals surface area contributed by atoms with Crippen LogP contribution in [-0.4, -0.2) is 33.7 Å². The van der Waals surface area contributed by atoms with Crippen molar-refractivity contribution in [2.75, 3.05) is 0 Å². The number of pyridine rings is 2. The Morgan fingerprint density at radius 3 is 1.41 bits per heavy atom. The lowest BCUT2D eigenvalue weighted by molar-refractivity contribution is -0.121. The molecule has 2 heterocycles. The third-order valence-electron chi connectivity index (χ3n) is 8.35. The van der Waals surface area contributed by atoms with Crippen LogP contribution in [-0.2, 0) is 29.1 Å². The number of benzene rings is 3. The van der Waals surface area contributed by atoms with Crippen LogP contribution in [0.5, 0.6) is 34.8 Å². The second kappa shape index (κ2) is 22.6. The highest BCUT2D eigenvalue weighted by Crippen LogP contribution is 2.25. The quantitative estimate of drug-likeness (QED) is 0.0606. The average Bonchev–Trinajstić information content (AvgIpc) is 3.18. The summed E-state index contributed by atoms with van der Waals surface area (Å²) in [7, 11) is 0. The van der Waals surface area contributed by atoms with Gasteiger partial charge in [-0.05, 0) is 106 Å². The van der Waals surface area contributed by atoms with E-state index in [0.29, 0.717) is 48.0 Å². The number of hydrogen-bond donors (Lipinski definition) is 0. The van der Waals surface area contributed by atoms with Crippen LogP contribution < -0.4 is 18.9 Å². The molecule has 0 spiro atoms. The zero-order valence-corrected chi connectivity index (χ0v) is 34.1. The number of carbonyl (C=O) groups excluding carboxylic acids is 1. The van der Waals surface area contributed by atoms with E-state index in [4.69, 9.17) is 23.8 Å². The van der Waals surface area contributed by atoms with Crippen molar-refractivity contribution in [3.05, 3.63) is 132 Å². The van der Waals surface area contributed by atoms with Gasteiger partial charge in [-0.1, -0.05) is 87.4 Å². The van der Waals surface area contributed by atoms with E-state index in [1.54, 1.807) is 18.5 Å². The van der Waals surface area contributed by atoms with Gasteiger partial charge in [0, 0.05) is 24.5 Å². The summed E-state index contributed by atoms with van der Waals surface area (Å²) in [4.78, 5) is 25.8. The first-order valence-corrected chi connectivity index (χ1v) is 19.5. The van der Waals surface area contributed by atoms with Gasteiger partial charge in [-0.2, -0.15) is 0 Å². The molecule has 0 unspecified atom stereocenters. The van der Waals surface area contributed by atoms with Crippen molar-refractivity contribution >= 4 is 11.5 Å². The van der Waals surface area contributed by atoms with Gasteiger partial charge in [0.25, 0.3) is 0 Å². The molecule has 0 aliphatic heterocycles. The van der Waals surface area contributed by atoms with Crippen molar-refractivity contribution in [3.63, 3.8) is 0 Å². The summed E-state index contributed by atoms with van der Waals surface area (Å²) in [5.74, 6) is 4.77. The van der Waals surface area contributed by atoms with Crippen LogP contribution in [0.3, 0.4) is 0 Å². The molecule has 5 aromatic rings. The second-order valence-corrected chi connectivity index (χ2v) is 14.6. The van der Waals surface area contributed by atoms with Crippen molar-refractivity contribution < 1.29 is 28.6 Å². The molecule has 9 nitrogen and oxygen atoms in total. The van der Waals surface area contributed by atoms with Crippen LogP contribution in [0.1, 0.15) is 84.9 Å². The minimum absolute atomic E-state index is 0.0958. The molecule has 0 amide bonds. The largest absolute Gasteiger partial charge is 0.475 e. The normalized spacial score (nSPS) is 11.3. The zero-order valence-electron chi connectivity index (χ0n) is 34.1. The van der Waals surface area contributed by atoms with Crippen molar-refractivity contribution in [1.82, 2.24) is 9.97 Å². The average molecular weight is 760 g/mol. The Balaban J connectivity index is 0.000000259. The number of ketones is 1. The van der Waals surface area contributed by atoms with Gasteiger partial charge in [-0.15, -0.1) is 0 Å². The van der Waals surface area contributed by atoms with Crippen LogP contribution in [0, 0.1) is 11.8 Å². The lowest BCUT2D eigenvalue weighted by Crippen LogP contribution is -2.10. The summed E-state index contributed by atoms with van der Waals surface area (Å²) in [6, 6.07) is 33.3. The molecule has 9 heteroatoms.